The van der Waals surface area contributed by atoms with Crippen molar-refractivity contribution in [2.75, 3.05) is 6.61 Å². The molecule has 3 rings (SSSR count). The van der Waals surface area contributed by atoms with E-state index in [2.05, 4.69) is 0 Å². The molecule has 0 amide bonds. The molecule has 0 aromatic heterocycles. The van der Waals surface area contributed by atoms with E-state index in [1.165, 1.54) is 0 Å². The number of sulfone groups is 1. The van der Waals surface area contributed by atoms with Gasteiger partial charge in [0.25, 0.3) is 0 Å². The molecule has 4 nitrogen and oxygen atoms in total. The quantitative estimate of drug-likeness (QED) is 0.845. The minimum Gasteiger partial charge on any atom is -0.390 e. The van der Waals surface area contributed by atoms with E-state index in [9.17, 15) is 13.5 Å². The molecule has 2 aliphatic rings. The summed E-state index contributed by atoms with van der Waals surface area (Å²) in [6.07, 6.45) is 3.64. The van der Waals surface area contributed by atoms with Gasteiger partial charge in [0.15, 0.2) is 9.84 Å². The van der Waals surface area contributed by atoms with Gasteiger partial charge in [-0.15, -0.1) is 0 Å². The van der Waals surface area contributed by atoms with Gasteiger partial charge in [0.2, 0.25) is 0 Å². The predicted octanol–water partition coefficient (Wildman–Crippen LogP) is 2.45. The van der Waals surface area contributed by atoms with Crippen LogP contribution in [0.1, 0.15) is 44.1 Å². The molecule has 2 fully saturated rings. The van der Waals surface area contributed by atoms with Crippen molar-refractivity contribution in [1.29, 1.82) is 0 Å². The lowest BCUT2D eigenvalue weighted by atomic mass is 9.83. The fraction of sp³-hybridized carbons (Fsp3) is 0.647. The van der Waals surface area contributed by atoms with E-state index >= 15 is 0 Å². The Balaban J connectivity index is 1.52. The largest absolute Gasteiger partial charge is 0.390 e. The predicted molar refractivity (Wildman–Crippen MR) is 85.2 cm³/mol. The molecular formula is C17H24O4S. The highest BCUT2D eigenvalue weighted by molar-refractivity contribution is 7.92. The van der Waals surface area contributed by atoms with Crippen LogP contribution in [-0.2, 0) is 21.2 Å². The van der Waals surface area contributed by atoms with Crippen molar-refractivity contribution >= 4 is 9.84 Å². The number of hydrogen-bond acceptors (Lipinski definition) is 4. The van der Waals surface area contributed by atoms with Crippen LogP contribution in [0.5, 0.6) is 0 Å². The highest BCUT2D eigenvalue weighted by Crippen LogP contribution is 2.42. The lowest BCUT2D eigenvalue weighted by Gasteiger charge is -2.43. The highest BCUT2D eigenvalue weighted by atomic mass is 32.2. The Kier molecular flexibility index (Phi) is 4.57. The van der Waals surface area contributed by atoms with Gasteiger partial charge in [-0.3, -0.25) is 0 Å². The smallest absolute Gasteiger partial charge is 0.156 e. The molecule has 2 heterocycles. The first-order valence-corrected chi connectivity index (χ1v) is 9.67. The Morgan fingerprint density at radius 1 is 1.14 bits per heavy atom. The third-order valence-corrected chi connectivity index (χ3v) is 7.68. The summed E-state index contributed by atoms with van der Waals surface area (Å²) >= 11 is 0. The minimum absolute atomic E-state index is 0.348. The molecule has 22 heavy (non-hydrogen) atoms. The Hall–Kier alpha value is -0.910. The lowest BCUT2D eigenvalue weighted by molar-refractivity contribution is -0.0253. The van der Waals surface area contributed by atoms with Crippen LogP contribution in [0, 0.1) is 0 Å². The van der Waals surface area contributed by atoms with Crippen molar-refractivity contribution in [3.05, 3.63) is 35.9 Å². The Bertz CT molecular complexity index is 576. The van der Waals surface area contributed by atoms with Gasteiger partial charge in [-0.2, -0.15) is 0 Å². The molecule has 0 aliphatic carbocycles. The van der Waals surface area contributed by atoms with Crippen LogP contribution in [-0.4, -0.2) is 36.2 Å². The first-order chi connectivity index (χ1) is 10.5. The maximum Gasteiger partial charge on any atom is 0.156 e. The zero-order valence-corrected chi connectivity index (χ0v) is 13.6. The summed E-state index contributed by atoms with van der Waals surface area (Å²) in [6.45, 7) is 0.993. The van der Waals surface area contributed by atoms with Gasteiger partial charge in [-0.05, 0) is 37.7 Å². The van der Waals surface area contributed by atoms with Crippen LogP contribution in [0.3, 0.4) is 0 Å². The molecule has 2 atom stereocenters. The molecule has 2 unspecified atom stereocenters. The number of aliphatic hydroxyl groups is 1. The van der Waals surface area contributed by atoms with E-state index in [0.717, 1.165) is 12.0 Å². The van der Waals surface area contributed by atoms with Crippen LogP contribution < -0.4 is 0 Å². The molecule has 1 aromatic carbocycles. The summed E-state index contributed by atoms with van der Waals surface area (Å²) in [5.41, 5.74) is 0.232. The van der Waals surface area contributed by atoms with Crippen LogP contribution in [0.15, 0.2) is 30.3 Å². The van der Waals surface area contributed by atoms with E-state index in [1.54, 1.807) is 0 Å². The SMILES string of the molecule is O=S1(=O)C2CCCC1CC(O)(CCOCc1ccccc1)C2. The normalized spacial score (nSPS) is 33.5. The van der Waals surface area contributed by atoms with Gasteiger partial charge >= 0.3 is 0 Å². The summed E-state index contributed by atoms with van der Waals surface area (Å²) < 4.78 is 30.2. The molecule has 2 aliphatic heterocycles. The minimum atomic E-state index is -3.01. The van der Waals surface area contributed by atoms with Gasteiger partial charge in [-0.25, -0.2) is 8.42 Å². The fourth-order valence-corrected chi connectivity index (χ4v) is 6.39. The standard InChI is InChI=1S/C17H24O4S/c18-17(9-10-21-13-14-5-2-1-3-6-14)11-15-7-4-8-16(12-17)22(15,19)20/h1-3,5-6,15-16,18H,4,7-13H2. The highest BCUT2D eigenvalue weighted by Gasteiger charge is 2.49. The van der Waals surface area contributed by atoms with Crippen molar-refractivity contribution in [2.24, 2.45) is 0 Å². The number of hydrogen-bond donors (Lipinski definition) is 1. The van der Waals surface area contributed by atoms with Crippen LogP contribution in [0.25, 0.3) is 0 Å². The molecule has 5 heteroatoms. The van der Waals surface area contributed by atoms with E-state index in [4.69, 9.17) is 4.74 Å². The third kappa shape index (κ3) is 3.36. The van der Waals surface area contributed by atoms with Gasteiger partial charge < -0.3 is 9.84 Å². The van der Waals surface area contributed by atoms with Gasteiger partial charge in [0.05, 0.1) is 22.7 Å². The summed E-state index contributed by atoms with van der Waals surface area (Å²) in [4.78, 5) is 0. The number of ether oxygens (including phenoxy) is 1. The second-order valence-electron chi connectivity index (χ2n) is 6.68. The average molecular weight is 324 g/mol. The van der Waals surface area contributed by atoms with Gasteiger partial charge in [0.1, 0.15) is 0 Å². The molecule has 0 radical (unpaired) electrons. The zero-order chi connectivity index (χ0) is 15.6. The van der Waals surface area contributed by atoms with Gasteiger partial charge in [-0.1, -0.05) is 36.8 Å². The molecule has 1 aromatic rings. The monoisotopic (exact) mass is 324 g/mol. The van der Waals surface area contributed by atoms with E-state index in [-0.39, 0.29) is 10.5 Å². The first kappa shape index (κ1) is 16.0. The number of fused-ring (bicyclic) bond motifs is 2. The van der Waals surface area contributed by atoms with Crippen molar-refractivity contribution in [3.63, 3.8) is 0 Å². The average Bonchev–Trinajstić information content (AvgIpc) is 2.47. The Morgan fingerprint density at radius 2 is 1.77 bits per heavy atom. The molecule has 1 N–H and O–H groups in total. The fourth-order valence-electron chi connectivity index (χ4n) is 3.77. The molecule has 122 valence electrons. The Morgan fingerprint density at radius 3 is 2.41 bits per heavy atom. The van der Waals surface area contributed by atoms with Crippen LogP contribution >= 0.6 is 0 Å². The van der Waals surface area contributed by atoms with E-state index in [0.29, 0.717) is 45.3 Å². The number of benzene rings is 1. The summed E-state index contributed by atoms with van der Waals surface area (Å²) in [6, 6.07) is 9.92. The lowest BCUT2D eigenvalue weighted by Crippen LogP contribution is -2.52. The summed E-state index contributed by atoms with van der Waals surface area (Å²) in [5.74, 6) is 0. The van der Waals surface area contributed by atoms with Crippen LogP contribution in [0.4, 0.5) is 0 Å². The van der Waals surface area contributed by atoms with Gasteiger partial charge in [0, 0.05) is 6.61 Å². The molecule has 0 saturated carbocycles. The second kappa shape index (κ2) is 6.30. The van der Waals surface area contributed by atoms with Crippen molar-refractivity contribution in [3.8, 4) is 0 Å². The second-order valence-corrected chi connectivity index (χ2v) is 9.20. The van der Waals surface area contributed by atoms with E-state index < -0.39 is 15.4 Å². The Labute approximate surface area is 132 Å². The maximum atomic E-state index is 12.3. The van der Waals surface area contributed by atoms with Crippen LogP contribution in [0.2, 0.25) is 0 Å². The summed E-state index contributed by atoms with van der Waals surface area (Å²) in [5, 5.41) is 10.1. The molecule has 2 bridgehead atoms. The van der Waals surface area contributed by atoms with Crippen molar-refractivity contribution in [1.82, 2.24) is 0 Å². The maximum absolute atomic E-state index is 12.3. The number of rotatable bonds is 5. The topological polar surface area (TPSA) is 63.6 Å². The zero-order valence-electron chi connectivity index (χ0n) is 12.8. The first-order valence-electron chi connectivity index (χ1n) is 8.06. The molecule has 2 saturated heterocycles. The summed E-state index contributed by atoms with van der Waals surface area (Å²) in [7, 11) is -3.01. The van der Waals surface area contributed by atoms with Crippen molar-refractivity contribution < 1.29 is 18.3 Å². The molecular weight excluding hydrogens is 300 g/mol. The van der Waals surface area contributed by atoms with E-state index in [1.807, 2.05) is 30.3 Å². The third-order valence-electron chi connectivity index (χ3n) is 5.02. The van der Waals surface area contributed by atoms with Crippen molar-refractivity contribution in [2.45, 2.75) is 61.2 Å². The molecule has 0 spiro atoms.